The number of fused-ring (bicyclic) bond motifs is 2. The molecule has 0 aliphatic rings. The van der Waals surface area contributed by atoms with Gasteiger partial charge in [-0.15, -0.1) is 0 Å². The lowest BCUT2D eigenvalue weighted by molar-refractivity contribution is 0.0697. The maximum absolute atomic E-state index is 13.2. The highest BCUT2D eigenvalue weighted by Crippen LogP contribution is 2.31. The third kappa shape index (κ3) is 2.36. The summed E-state index contributed by atoms with van der Waals surface area (Å²) in [4.78, 5) is 11.3. The minimum atomic E-state index is -3.93. The molecule has 124 valence electrons. The van der Waals surface area contributed by atoms with E-state index < -0.39 is 15.8 Å². The van der Waals surface area contributed by atoms with E-state index in [1.165, 1.54) is 24.3 Å². The first-order valence-electron chi connectivity index (χ1n) is 7.43. The monoisotopic (exact) mass is 352 g/mol. The van der Waals surface area contributed by atoms with E-state index in [1.54, 1.807) is 18.2 Å². The molecule has 0 unspecified atom stereocenters. The summed E-state index contributed by atoms with van der Waals surface area (Å²) in [6.45, 7) is 0. The van der Waals surface area contributed by atoms with Gasteiger partial charge in [0.15, 0.2) is 5.03 Å². The average molecular weight is 352 g/mol. The van der Waals surface area contributed by atoms with Crippen molar-refractivity contribution in [3.8, 4) is 0 Å². The fraction of sp³-hybridized carbons (Fsp3) is 0. The van der Waals surface area contributed by atoms with Gasteiger partial charge in [-0.3, -0.25) is 5.10 Å². The predicted molar refractivity (Wildman–Crippen MR) is 92.5 cm³/mol. The van der Waals surface area contributed by atoms with Crippen molar-refractivity contribution in [1.82, 2.24) is 10.2 Å². The highest BCUT2D eigenvalue weighted by Gasteiger charge is 2.26. The number of H-pyrrole nitrogens is 1. The summed E-state index contributed by atoms with van der Waals surface area (Å²) in [5.74, 6) is -1.13. The number of benzene rings is 3. The number of nitrogens with zero attached hydrogens (tertiary/aromatic N) is 1. The van der Waals surface area contributed by atoms with Crippen LogP contribution in [-0.2, 0) is 9.84 Å². The maximum atomic E-state index is 13.2. The zero-order chi connectivity index (χ0) is 17.6. The number of aromatic nitrogens is 2. The molecule has 0 radical (unpaired) electrons. The highest BCUT2D eigenvalue weighted by atomic mass is 32.2. The number of carboxylic acid groups (broad SMARTS) is 1. The number of nitrogens with one attached hydrogen (secondary N) is 1. The molecule has 0 aliphatic carbocycles. The van der Waals surface area contributed by atoms with Gasteiger partial charge in [0.25, 0.3) is 0 Å². The van der Waals surface area contributed by atoms with Crippen LogP contribution < -0.4 is 0 Å². The number of rotatable bonds is 3. The van der Waals surface area contributed by atoms with Crippen molar-refractivity contribution in [3.05, 3.63) is 66.2 Å². The van der Waals surface area contributed by atoms with Gasteiger partial charge in [0.1, 0.15) is 0 Å². The van der Waals surface area contributed by atoms with Crippen LogP contribution in [0.15, 0.2) is 70.6 Å². The van der Waals surface area contributed by atoms with Gasteiger partial charge in [0.05, 0.1) is 16.0 Å². The van der Waals surface area contributed by atoms with E-state index in [2.05, 4.69) is 10.2 Å². The van der Waals surface area contributed by atoms with Gasteiger partial charge >= 0.3 is 5.97 Å². The zero-order valence-electron chi connectivity index (χ0n) is 12.8. The smallest absolute Gasteiger partial charge is 0.335 e. The molecule has 7 heteroatoms. The minimum absolute atomic E-state index is 0.00303. The molecule has 0 spiro atoms. The second kappa shape index (κ2) is 5.42. The highest BCUT2D eigenvalue weighted by molar-refractivity contribution is 7.91. The summed E-state index contributed by atoms with van der Waals surface area (Å²) in [7, 11) is -3.93. The third-order valence-corrected chi connectivity index (χ3v) is 5.82. The Morgan fingerprint density at radius 3 is 2.52 bits per heavy atom. The summed E-state index contributed by atoms with van der Waals surface area (Å²) >= 11 is 0. The Hall–Kier alpha value is -3.19. The van der Waals surface area contributed by atoms with E-state index in [1.807, 2.05) is 18.2 Å². The molecule has 4 aromatic rings. The Balaban J connectivity index is 2.01. The normalized spacial score (nSPS) is 11.8. The summed E-state index contributed by atoms with van der Waals surface area (Å²) in [6, 6.07) is 16.4. The number of aromatic amines is 1. The average Bonchev–Trinajstić information content (AvgIpc) is 3.05. The number of hydrogen-bond donors (Lipinski definition) is 2. The predicted octanol–water partition coefficient (Wildman–Crippen LogP) is 3.25. The number of sulfone groups is 1. The molecule has 0 atom stereocenters. The van der Waals surface area contributed by atoms with Crippen molar-refractivity contribution < 1.29 is 18.3 Å². The van der Waals surface area contributed by atoms with Gasteiger partial charge in [0.2, 0.25) is 9.84 Å². The molecule has 0 amide bonds. The van der Waals surface area contributed by atoms with Crippen LogP contribution in [0.4, 0.5) is 0 Å². The quantitative estimate of drug-likeness (QED) is 0.589. The van der Waals surface area contributed by atoms with Crippen LogP contribution in [0.5, 0.6) is 0 Å². The van der Waals surface area contributed by atoms with Crippen molar-refractivity contribution in [1.29, 1.82) is 0 Å². The van der Waals surface area contributed by atoms with Gasteiger partial charge in [-0.25, -0.2) is 13.2 Å². The molecular weight excluding hydrogens is 340 g/mol. The Kier molecular flexibility index (Phi) is 3.33. The fourth-order valence-corrected chi connectivity index (χ4v) is 4.43. The Morgan fingerprint density at radius 2 is 1.72 bits per heavy atom. The first kappa shape index (κ1) is 15.3. The van der Waals surface area contributed by atoms with Gasteiger partial charge in [-0.1, -0.05) is 36.4 Å². The molecule has 0 aliphatic heterocycles. The molecule has 25 heavy (non-hydrogen) atoms. The van der Waals surface area contributed by atoms with Crippen LogP contribution in [0.2, 0.25) is 0 Å². The maximum Gasteiger partial charge on any atom is 0.335 e. The van der Waals surface area contributed by atoms with Crippen molar-refractivity contribution in [2.75, 3.05) is 0 Å². The Bertz CT molecular complexity index is 1240. The molecule has 6 nitrogen and oxygen atoms in total. The van der Waals surface area contributed by atoms with Crippen molar-refractivity contribution in [3.63, 3.8) is 0 Å². The summed E-state index contributed by atoms with van der Waals surface area (Å²) in [5.41, 5.74) is 0.465. The lowest BCUT2D eigenvalue weighted by Gasteiger charge is -2.06. The van der Waals surface area contributed by atoms with E-state index in [-0.39, 0.29) is 20.9 Å². The first-order chi connectivity index (χ1) is 12.0. The number of carbonyl (C=O) groups is 1. The molecule has 1 aromatic heterocycles. The lowest BCUT2D eigenvalue weighted by Crippen LogP contribution is -2.04. The molecule has 0 bridgehead atoms. The van der Waals surface area contributed by atoms with Gasteiger partial charge < -0.3 is 5.11 Å². The fourth-order valence-electron chi connectivity index (χ4n) is 2.86. The van der Waals surface area contributed by atoms with Crippen LogP contribution in [-0.4, -0.2) is 29.7 Å². The van der Waals surface area contributed by atoms with E-state index in [0.29, 0.717) is 10.9 Å². The van der Waals surface area contributed by atoms with E-state index in [0.717, 1.165) is 5.39 Å². The van der Waals surface area contributed by atoms with Crippen LogP contribution in [0.1, 0.15) is 10.4 Å². The molecule has 2 N–H and O–H groups in total. The van der Waals surface area contributed by atoms with E-state index in [4.69, 9.17) is 5.11 Å². The molecule has 1 heterocycles. The third-order valence-electron chi connectivity index (χ3n) is 4.07. The molecule has 4 rings (SSSR count). The van der Waals surface area contributed by atoms with Gasteiger partial charge in [-0.2, -0.15) is 5.10 Å². The molecule has 0 saturated carbocycles. The SMILES string of the molecule is O=C(O)c1ccc2[nH]nc(S(=O)(=O)c3cccc4ccccc34)c2c1. The number of carboxylic acids is 1. The van der Waals surface area contributed by atoms with Crippen LogP contribution in [0.3, 0.4) is 0 Å². The second-order valence-corrected chi connectivity index (χ2v) is 7.41. The van der Waals surface area contributed by atoms with Gasteiger partial charge in [0, 0.05) is 10.8 Å². The zero-order valence-corrected chi connectivity index (χ0v) is 13.6. The number of aromatic carboxylic acids is 1. The van der Waals surface area contributed by atoms with Crippen molar-refractivity contribution in [2.24, 2.45) is 0 Å². The van der Waals surface area contributed by atoms with Crippen LogP contribution in [0.25, 0.3) is 21.7 Å². The molecule has 0 fully saturated rings. The largest absolute Gasteiger partial charge is 0.478 e. The molecule has 0 saturated heterocycles. The molecule has 3 aromatic carbocycles. The number of hydrogen-bond acceptors (Lipinski definition) is 4. The standard InChI is InChI=1S/C18H12N2O4S/c21-18(22)12-8-9-15-14(10-12)17(20-19-15)25(23,24)16-7-3-5-11-4-1-2-6-13(11)16/h1-10H,(H,19,20)(H,21,22). The van der Waals surface area contributed by atoms with Crippen molar-refractivity contribution >= 4 is 37.5 Å². The summed E-state index contributed by atoms with van der Waals surface area (Å²) in [5, 5.41) is 17.2. The van der Waals surface area contributed by atoms with E-state index >= 15 is 0 Å². The Labute approximate surface area is 142 Å². The van der Waals surface area contributed by atoms with Gasteiger partial charge in [-0.05, 0) is 29.7 Å². The second-order valence-electron chi connectivity index (χ2n) is 5.57. The Morgan fingerprint density at radius 1 is 0.960 bits per heavy atom. The summed E-state index contributed by atoms with van der Waals surface area (Å²) in [6.07, 6.45) is 0. The van der Waals surface area contributed by atoms with Crippen LogP contribution >= 0.6 is 0 Å². The lowest BCUT2D eigenvalue weighted by atomic mass is 10.1. The van der Waals surface area contributed by atoms with E-state index in [9.17, 15) is 13.2 Å². The topological polar surface area (TPSA) is 100 Å². The van der Waals surface area contributed by atoms with Crippen molar-refractivity contribution in [2.45, 2.75) is 9.92 Å². The summed E-state index contributed by atoms with van der Waals surface area (Å²) < 4.78 is 26.3. The molecular formula is C18H12N2O4S. The van der Waals surface area contributed by atoms with Crippen LogP contribution in [0, 0.1) is 0 Å². The minimum Gasteiger partial charge on any atom is -0.478 e. The first-order valence-corrected chi connectivity index (χ1v) is 8.91.